The number of aryl methyl sites for hydroxylation is 1. The standard InChI is InChI=1S/C15H16N4O3/c1-9-17-18-13(19(9)12-5-6-12)8-16-14(20)10-3-2-4-11(7-10)15(21)22/h2-4,7,12H,5-6,8H2,1H3,(H,16,20)(H,21,22). The van der Waals surface area contributed by atoms with E-state index in [1.807, 2.05) is 11.5 Å². The molecule has 1 amide bonds. The zero-order chi connectivity index (χ0) is 15.7. The van der Waals surface area contributed by atoms with E-state index in [1.165, 1.54) is 12.1 Å². The fourth-order valence-corrected chi connectivity index (χ4v) is 2.40. The van der Waals surface area contributed by atoms with Crippen molar-refractivity contribution in [2.45, 2.75) is 32.4 Å². The Morgan fingerprint density at radius 2 is 2.05 bits per heavy atom. The molecule has 7 heteroatoms. The molecule has 3 rings (SSSR count). The maximum Gasteiger partial charge on any atom is 0.335 e. The van der Waals surface area contributed by atoms with Crippen molar-refractivity contribution in [1.82, 2.24) is 20.1 Å². The van der Waals surface area contributed by atoms with Crippen molar-refractivity contribution in [2.24, 2.45) is 0 Å². The van der Waals surface area contributed by atoms with E-state index in [-0.39, 0.29) is 18.0 Å². The highest BCUT2D eigenvalue weighted by atomic mass is 16.4. The molecule has 1 heterocycles. The second-order valence-corrected chi connectivity index (χ2v) is 5.33. The van der Waals surface area contributed by atoms with E-state index in [2.05, 4.69) is 15.5 Å². The summed E-state index contributed by atoms with van der Waals surface area (Å²) in [5.41, 5.74) is 0.402. The zero-order valence-corrected chi connectivity index (χ0v) is 12.1. The van der Waals surface area contributed by atoms with Gasteiger partial charge in [0, 0.05) is 11.6 Å². The van der Waals surface area contributed by atoms with E-state index >= 15 is 0 Å². The molecular weight excluding hydrogens is 284 g/mol. The highest BCUT2D eigenvalue weighted by molar-refractivity contribution is 5.97. The van der Waals surface area contributed by atoms with Crippen LogP contribution in [0, 0.1) is 6.92 Å². The first-order chi connectivity index (χ1) is 10.6. The molecule has 114 valence electrons. The molecule has 1 aromatic heterocycles. The molecule has 7 nitrogen and oxygen atoms in total. The van der Waals surface area contributed by atoms with Gasteiger partial charge in [-0.15, -0.1) is 10.2 Å². The van der Waals surface area contributed by atoms with Crippen LogP contribution in [0.15, 0.2) is 24.3 Å². The molecular formula is C15H16N4O3. The molecule has 1 aromatic carbocycles. The highest BCUT2D eigenvalue weighted by Gasteiger charge is 2.28. The lowest BCUT2D eigenvalue weighted by Gasteiger charge is -2.08. The summed E-state index contributed by atoms with van der Waals surface area (Å²) in [4.78, 5) is 23.1. The number of carboxylic acid groups (broad SMARTS) is 1. The van der Waals surface area contributed by atoms with Crippen molar-refractivity contribution in [1.29, 1.82) is 0 Å². The van der Waals surface area contributed by atoms with Crippen LogP contribution in [0.4, 0.5) is 0 Å². The molecule has 1 aliphatic rings. The van der Waals surface area contributed by atoms with Crippen molar-refractivity contribution in [3.63, 3.8) is 0 Å². The summed E-state index contributed by atoms with van der Waals surface area (Å²) in [5.74, 6) is 0.187. The van der Waals surface area contributed by atoms with Gasteiger partial charge in [0.15, 0.2) is 5.82 Å². The number of nitrogens with zero attached hydrogens (tertiary/aromatic N) is 3. The molecule has 1 fully saturated rings. The van der Waals surface area contributed by atoms with Gasteiger partial charge in [0.05, 0.1) is 12.1 Å². The van der Waals surface area contributed by atoms with Crippen molar-refractivity contribution in [2.75, 3.05) is 0 Å². The number of amides is 1. The molecule has 0 radical (unpaired) electrons. The van der Waals surface area contributed by atoms with Crippen LogP contribution in [-0.2, 0) is 6.54 Å². The predicted octanol–water partition coefficient (Wildman–Crippen LogP) is 1.55. The third-order valence-electron chi connectivity index (χ3n) is 3.63. The molecule has 1 saturated carbocycles. The largest absolute Gasteiger partial charge is 0.478 e. The summed E-state index contributed by atoms with van der Waals surface area (Å²) >= 11 is 0. The first kappa shape index (κ1) is 14.2. The van der Waals surface area contributed by atoms with E-state index < -0.39 is 5.97 Å². The van der Waals surface area contributed by atoms with Crippen LogP contribution in [0.25, 0.3) is 0 Å². The second-order valence-electron chi connectivity index (χ2n) is 5.33. The quantitative estimate of drug-likeness (QED) is 0.873. The lowest BCUT2D eigenvalue weighted by molar-refractivity contribution is 0.0697. The second kappa shape index (κ2) is 5.59. The Bertz CT molecular complexity index is 734. The summed E-state index contributed by atoms with van der Waals surface area (Å²) in [6.45, 7) is 2.17. The summed E-state index contributed by atoms with van der Waals surface area (Å²) in [6.07, 6.45) is 2.22. The van der Waals surface area contributed by atoms with Gasteiger partial charge in [-0.2, -0.15) is 0 Å². The van der Waals surface area contributed by atoms with Gasteiger partial charge in [-0.05, 0) is 38.0 Å². The van der Waals surface area contributed by atoms with Crippen molar-refractivity contribution in [3.8, 4) is 0 Å². The van der Waals surface area contributed by atoms with E-state index in [0.717, 1.165) is 24.5 Å². The van der Waals surface area contributed by atoms with Crippen molar-refractivity contribution >= 4 is 11.9 Å². The minimum Gasteiger partial charge on any atom is -0.478 e. The van der Waals surface area contributed by atoms with E-state index in [4.69, 9.17) is 5.11 Å². The summed E-state index contributed by atoms with van der Waals surface area (Å²) in [7, 11) is 0. The SMILES string of the molecule is Cc1nnc(CNC(=O)c2cccc(C(=O)O)c2)n1C1CC1. The van der Waals surface area contributed by atoms with E-state index in [1.54, 1.807) is 12.1 Å². The number of carboxylic acids is 1. The molecule has 0 bridgehead atoms. The van der Waals surface area contributed by atoms with Crippen molar-refractivity contribution in [3.05, 3.63) is 47.0 Å². The van der Waals surface area contributed by atoms with Gasteiger partial charge < -0.3 is 15.0 Å². The minimum absolute atomic E-state index is 0.0876. The molecule has 0 spiro atoms. The highest BCUT2D eigenvalue weighted by Crippen LogP contribution is 2.36. The topological polar surface area (TPSA) is 97.1 Å². The number of rotatable bonds is 5. The zero-order valence-electron chi connectivity index (χ0n) is 12.1. The molecule has 0 aliphatic heterocycles. The Labute approximate surface area is 127 Å². The number of nitrogens with one attached hydrogen (secondary N) is 1. The molecule has 0 atom stereocenters. The monoisotopic (exact) mass is 300 g/mol. The number of aromatic carboxylic acids is 1. The van der Waals surface area contributed by atoms with Gasteiger partial charge in [0.2, 0.25) is 0 Å². The van der Waals surface area contributed by atoms with Gasteiger partial charge in [0.25, 0.3) is 5.91 Å². The molecule has 0 unspecified atom stereocenters. The van der Waals surface area contributed by atoms with Gasteiger partial charge in [-0.25, -0.2) is 4.79 Å². The van der Waals surface area contributed by atoms with Crippen LogP contribution in [0.1, 0.15) is 51.2 Å². The molecule has 1 aliphatic carbocycles. The van der Waals surface area contributed by atoms with Gasteiger partial charge >= 0.3 is 5.97 Å². The van der Waals surface area contributed by atoms with E-state index in [0.29, 0.717) is 11.6 Å². The Morgan fingerprint density at radius 3 is 2.73 bits per heavy atom. The number of aromatic nitrogens is 3. The number of benzene rings is 1. The predicted molar refractivity (Wildman–Crippen MR) is 77.6 cm³/mol. The van der Waals surface area contributed by atoms with Gasteiger partial charge in [-0.1, -0.05) is 6.07 Å². The Hall–Kier alpha value is -2.70. The smallest absolute Gasteiger partial charge is 0.335 e. The Balaban J connectivity index is 1.70. The third-order valence-corrected chi connectivity index (χ3v) is 3.63. The fraction of sp³-hybridized carbons (Fsp3) is 0.333. The normalized spacial score (nSPS) is 13.9. The average Bonchev–Trinajstić information content (AvgIpc) is 3.28. The first-order valence-corrected chi connectivity index (χ1v) is 7.08. The number of carbonyl (C=O) groups is 2. The van der Waals surface area contributed by atoms with Crippen LogP contribution >= 0.6 is 0 Å². The number of hydrogen-bond donors (Lipinski definition) is 2. The molecule has 0 saturated heterocycles. The fourth-order valence-electron chi connectivity index (χ4n) is 2.40. The first-order valence-electron chi connectivity index (χ1n) is 7.08. The molecule has 22 heavy (non-hydrogen) atoms. The maximum atomic E-state index is 12.1. The number of hydrogen-bond acceptors (Lipinski definition) is 4. The van der Waals surface area contributed by atoms with E-state index in [9.17, 15) is 9.59 Å². The van der Waals surface area contributed by atoms with Crippen molar-refractivity contribution < 1.29 is 14.7 Å². The van der Waals surface area contributed by atoms with Crippen LogP contribution < -0.4 is 5.32 Å². The summed E-state index contributed by atoms with van der Waals surface area (Å²) < 4.78 is 2.05. The molecule has 2 N–H and O–H groups in total. The Morgan fingerprint density at radius 1 is 1.32 bits per heavy atom. The summed E-state index contributed by atoms with van der Waals surface area (Å²) in [6, 6.07) is 6.38. The average molecular weight is 300 g/mol. The van der Waals surface area contributed by atoms with Gasteiger partial charge in [0.1, 0.15) is 5.82 Å². The number of carbonyl (C=O) groups excluding carboxylic acids is 1. The third kappa shape index (κ3) is 2.83. The van der Waals surface area contributed by atoms with Crippen LogP contribution in [-0.4, -0.2) is 31.7 Å². The van der Waals surface area contributed by atoms with Gasteiger partial charge in [-0.3, -0.25) is 4.79 Å². The van der Waals surface area contributed by atoms with Crippen LogP contribution in [0.5, 0.6) is 0 Å². The maximum absolute atomic E-state index is 12.1. The minimum atomic E-state index is -1.06. The molecule has 2 aromatic rings. The lowest BCUT2D eigenvalue weighted by Crippen LogP contribution is -2.25. The van der Waals surface area contributed by atoms with Crippen LogP contribution in [0.3, 0.4) is 0 Å². The lowest BCUT2D eigenvalue weighted by atomic mass is 10.1. The Kier molecular flexibility index (Phi) is 3.62. The summed E-state index contributed by atoms with van der Waals surface area (Å²) in [5, 5.41) is 19.9. The van der Waals surface area contributed by atoms with Crippen LogP contribution in [0.2, 0.25) is 0 Å².